The number of benzene rings is 1. The Morgan fingerprint density at radius 2 is 2.05 bits per heavy atom. The van der Waals surface area contributed by atoms with Gasteiger partial charge in [-0.2, -0.15) is 0 Å². The van der Waals surface area contributed by atoms with Crippen molar-refractivity contribution in [3.63, 3.8) is 0 Å². The lowest BCUT2D eigenvalue weighted by atomic mass is 9.80. The third-order valence-corrected chi connectivity index (χ3v) is 5.26. The highest BCUT2D eigenvalue weighted by molar-refractivity contribution is 5.37. The van der Waals surface area contributed by atoms with Crippen LogP contribution in [0.3, 0.4) is 0 Å². The van der Waals surface area contributed by atoms with Crippen LogP contribution in [0, 0.1) is 0 Å². The van der Waals surface area contributed by atoms with E-state index < -0.39 is 0 Å². The predicted octanol–water partition coefficient (Wildman–Crippen LogP) is 2.84. The lowest BCUT2D eigenvalue weighted by Crippen LogP contribution is -2.52. The van der Waals surface area contributed by atoms with Gasteiger partial charge >= 0.3 is 0 Å². The van der Waals surface area contributed by atoms with Crippen molar-refractivity contribution in [3.05, 3.63) is 29.3 Å². The van der Waals surface area contributed by atoms with Crippen molar-refractivity contribution < 1.29 is 9.84 Å². The van der Waals surface area contributed by atoms with Crippen molar-refractivity contribution in [3.8, 4) is 5.75 Å². The number of aliphatic hydroxyl groups is 1. The Morgan fingerprint density at radius 3 is 2.81 bits per heavy atom. The van der Waals surface area contributed by atoms with Crippen LogP contribution in [0.5, 0.6) is 5.75 Å². The van der Waals surface area contributed by atoms with Gasteiger partial charge in [-0.1, -0.05) is 6.07 Å². The fourth-order valence-corrected chi connectivity index (χ4v) is 3.83. The Kier molecular flexibility index (Phi) is 4.51. The summed E-state index contributed by atoms with van der Waals surface area (Å²) in [7, 11) is 1.94. The van der Waals surface area contributed by atoms with Crippen LogP contribution in [0.4, 0.5) is 0 Å². The Labute approximate surface area is 127 Å². The summed E-state index contributed by atoms with van der Waals surface area (Å²) in [5, 5.41) is 13.0. The summed E-state index contributed by atoms with van der Waals surface area (Å²) in [6.07, 6.45) is 9.34. The first-order valence-corrected chi connectivity index (χ1v) is 8.33. The van der Waals surface area contributed by atoms with Crippen LogP contribution in [0.15, 0.2) is 18.2 Å². The molecule has 2 unspecified atom stereocenters. The molecule has 0 aromatic heterocycles. The van der Waals surface area contributed by atoms with E-state index in [1.807, 2.05) is 7.05 Å². The third-order valence-electron chi connectivity index (χ3n) is 5.26. The van der Waals surface area contributed by atoms with Crippen LogP contribution >= 0.6 is 0 Å². The molecule has 2 aliphatic rings. The lowest BCUT2D eigenvalue weighted by molar-refractivity contribution is 0.0554. The quantitative estimate of drug-likeness (QED) is 0.895. The van der Waals surface area contributed by atoms with E-state index in [-0.39, 0.29) is 18.2 Å². The molecule has 0 spiro atoms. The number of aryl methyl sites for hydroxylation is 2. The monoisotopic (exact) mass is 289 g/mol. The average Bonchev–Trinajstić information content (AvgIpc) is 2.55. The standard InChI is InChI=1S/C18H27NO2/c1-19-18(13-20)10-4-7-17(12-18)21-16-9-8-14-5-2-3-6-15(14)11-16/h8-9,11,17,19-20H,2-7,10,12-13H2,1H3. The van der Waals surface area contributed by atoms with E-state index in [9.17, 15) is 5.11 Å². The summed E-state index contributed by atoms with van der Waals surface area (Å²) in [5.74, 6) is 1.01. The van der Waals surface area contributed by atoms with Crippen LogP contribution < -0.4 is 10.1 Å². The molecule has 2 N–H and O–H groups in total. The van der Waals surface area contributed by atoms with Crippen molar-refractivity contribution in [2.75, 3.05) is 13.7 Å². The van der Waals surface area contributed by atoms with Crippen molar-refractivity contribution >= 4 is 0 Å². The first-order valence-electron chi connectivity index (χ1n) is 8.33. The maximum atomic E-state index is 9.67. The van der Waals surface area contributed by atoms with E-state index in [1.165, 1.54) is 36.8 Å². The van der Waals surface area contributed by atoms with Crippen molar-refractivity contribution in [2.24, 2.45) is 0 Å². The molecule has 2 aliphatic carbocycles. The molecule has 2 atom stereocenters. The summed E-state index contributed by atoms with van der Waals surface area (Å²) in [5.41, 5.74) is 2.81. The molecule has 0 radical (unpaired) electrons. The highest BCUT2D eigenvalue weighted by Crippen LogP contribution is 2.32. The Morgan fingerprint density at radius 1 is 1.24 bits per heavy atom. The number of likely N-dealkylation sites (N-methyl/N-ethyl adjacent to an activating group) is 1. The molecule has 0 heterocycles. The van der Waals surface area contributed by atoms with E-state index in [0.717, 1.165) is 31.4 Å². The van der Waals surface area contributed by atoms with Gasteiger partial charge in [-0.3, -0.25) is 0 Å². The molecule has 3 heteroatoms. The number of rotatable bonds is 4. The molecule has 21 heavy (non-hydrogen) atoms. The number of nitrogens with one attached hydrogen (secondary N) is 1. The molecule has 1 aromatic carbocycles. The minimum Gasteiger partial charge on any atom is -0.490 e. The molecule has 3 nitrogen and oxygen atoms in total. The van der Waals surface area contributed by atoms with Crippen molar-refractivity contribution in [1.82, 2.24) is 5.32 Å². The molecule has 0 aliphatic heterocycles. The Balaban J connectivity index is 1.68. The molecule has 116 valence electrons. The van der Waals surface area contributed by atoms with E-state index >= 15 is 0 Å². The smallest absolute Gasteiger partial charge is 0.120 e. The molecule has 1 fully saturated rings. The van der Waals surface area contributed by atoms with Gasteiger partial charge in [-0.25, -0.2) is 0 Å². The van der Waals surface area contributed by atoms with Gasteiger partial charge in [0.1, 0.15) is 11.9 Å². The van der Waals surface area contributed by atoms with Gasteiger partial charge < -0.3 is 15.2 Å². The van der Waals surface area contributed by atoms with E-state index in [2.05, 4.69) is 23.5 Å². The number of aliphatic hydroxyl groups excluding tert-OH is 1. The lowest BCUT2D eigenvalue weighted by Gasteiger charge is -2.39. The van der Waals surface area contributed by atoms with E-state index in [1.54, 1.807) is 0 Å². The van der Waals surface area contributed by atoms with Gasteiger partial charge in [0.25, 0.3) is 0 Å². The SMILES string of the molecule is CNC1(CO)CCCC(Oc2ccc3c(c2)CCCC3)C1. The molecule has 3 rings (SSSR count). The zero-order valence-corrected chi connectivity index (χ0v) is 13.0. The minimum absolute atomic E-state index is 0.156. The second kappa shape index (κ2) is 6.37. The van der Waals surface area contributed by atoms with Crippen LogP contribution in [-0.4, -0.2) is 30.4 Å². The normalized spacial score (nSPS) is 29.0. The first-order chi connectivity index (χ1) is 10.2. The highest BCUT2D eigenvalue weighted by Gasteiger charge is 2.35. The number of hydrogen-bond acceptors (Lipinski definition) is 3. The van der Waals surface area contributed by atoms with Gasteiger partial charge in [0.15, 0.2) is 0 Å². The summed E-state index contributed by atoms with van der Waals surface area (Å²) < 4.78 is 6.23. The molecule has 1 aromatic rings. The Bertz CT molecular complexity index is 482. The molecular weight excluding hydrogens is 262 g/mol. The second-order valence-corrected chi connectivity index (χ2v) is 6.66. The maximum Gasteiger partial charge on any atom is 0.120 e. The summed E-state index contributed by atoms with van der Waals surface area (Å²) in [4.78, 5) is 0. The number of hydrogen-bond donors (Lipinski definition) is 2. The fourth-order valence-electron chi connectivity index (χ4n) is 3.83. The third kappa shape index (κ3) is 3.24. The molecule has 0 saturated heterocycles. The van der Waals surface area contributed by atoms with Gasteiger partial charge in [-0.15, -0.1) is 0 Å². The molecule has 0 bridgehead atoms. The second-order valence-electron chi connectivity index (χ2n) is 6.66. The number of ether oxygens (including phenoxy) is 1. The Hall–Kier alpha value is -1.06. The van der Waals surface area contributed by atoms with Gasteiger partial charge in [0, 0.05) is 12.0 Å². The topological polar surface area (TPSA) is 41.5 Å². The molecule has 0 amide bonds. The summed E-state index contributed by atoms with van der Waals surface area (Å²) >= 11 is 0. The predicted molar refractivity (Wildman–Crippen MR) is 84.8 cm³/mol. The van der Waals surface area contributed by atoms with Crippen molar-refractivity contribution in [1.29, 1.82) is 0 Å². The van der Waals surface area contributed by atoms with Crippen LogP contribution in [0.25, 0.3) is 0 Å². The fraction of sp³-hybridized carbons (Fsp3) is 0.667. The van der Waals surface area contributed by atoms with E-state index in [0.29, 0.717) is 0 Å². The van der Waals surface area contributed by atoms with Crippen molar-refractivity contribution in [2.45, 2.75) is 63.0 Å². The van der Waals surface area contributed by atoms with Crippen LogP contribution in [-0.2, 0) is 12.8 Å². The highest BCUT2D eigenvalue weighted by atomic mass is 16.5. The van der Waals surface area contributed by atoms with Crippen LogP contribution in [0.1, 0.15) is 49.7 Å². The number of fused-ring (bicyclic) bond motifs is 1. The van der Waals surface area contributed by atoms with E-state index in [4.69, 9.17) is 4.74 Å². The molecular formula is C18H27NO2. The van der Waals surface area contributed by atoms with Gasteiger partial charge in [-0.05, 0) is 75.3 Å². The maximum absolute atomic E-state index is 9.67. The zero-order valence-electron chi connectivity index (χ0n) is 13.0. The minimum atomic E-state index is -0.156. The summed E-state index contributed by atoms with van der Waals surface area (Å²) in [6, 6.07) is 6.60. The largest absolute Gasteiger partial charge is 0.490 e. The first kappa shape index (κ1) is 14.9. The van der Waals surface area contributed by atoms with Crippen LogP contribution in [0.2, 0.25) is 0 Å². The van der Waals surface area contributed by atoms with Gasteiger partial charge in [0.05, 0.1) is 6.61 Å². The molecule has 1 saturated carbocycles. The average molecular weight is 289 g/mol. The zero-order chi connectivity index (χ0) is 14.7. The van der Waals surface area contributed by atoms with Gasteiger partial charge in [0.2, 0.25) is 0 Å². The summed E-state index contributed by atoms with van der Waals surface area (Å²) in [6.45, 7) is 0.188.